The molecule has 1 N–H and O–H groups in total. The van der Waals surface area contributed by atoms with Gasteiger partial charge in [0, 0.05) is 36.1 Å². The van der Waals surface area contributed by atoms with E-state index in [1.54, 1.807) is 5.38 Å². The molecule has 0 bridgehead atoms. The highest BCUT2D eigenvalue weighted by Gasteiger charge is 2.42. The molecule has 21 heavy (non-hydrogen) atoms. The Labute approximate surface area is 127 Å². The van der Waals surface area contributed by atoms with Gasteiger partial charge in [0.05, 0.1) is 0 Å². The Morgan fingerprint density at radius 1 is 1.29 bits per heavy atom. The van der Waals surface area contributed by atoms with E-state index < -0.39 is 0 Å². The molecule has 6 heteroatoms. The number of para-hydroxylation sites is 1. The van der Waals surface area contributed by atoms with Crippen LogP contribution in [0.4, 0.5) is 5.69 Å². The highest BCUT2D eigenvalue weighted by molar-refractivity contribution is 7.03. The van der Waals surface area contributed by atoms with Crippen molar-refractivity contribution >= 4 is 23.1 Å². The van der Waals surface area contributed by atoms with E-state index in [9.17, 15) is 4.79 Å². The van der Waals surface area contributed by atoms with Crippen LogP contribution in [0, 0.1) is 0 Å². The number of likely N-dealkylation sites (tertiary alicyclic amines) is 1. The van der Waals surface area contributed by atoms with Crippen molar-refractivity contribution in [3.05, 3.63) is 40.9 Å². The zero-order valence-electron chi connectivity index (χ0n) is 11.6. The third-order valence-electron chi connectivity index (χ3n) is 4.70. The minimum atomic E-state index is 0.0119. The van der Waals surface area contributed by atoms with Crippen molar-refractivity contribution in [3.8, 4) is 0 Å². The van der Waals surface area contributed by atoms with Gasteiger partial charge in [0.25, 0.3) is 5.91 Å². The molecule has 108 valence electrons. The summed E-state index contributed by atoms with van der Waals surface area (Å²) in [6, 6.07) is 8.53. The second-order valence-corrected chi connectivity index (χ2v) is 6.37. The summed E-state index contributed by atoms with van der Waals surface area (Å²) in [4.78, 5) is 14.2. The first-order valence-corrected chi connectivity index (χ1v) is 8.02. The lowest BCUT2D eigenvalue weighted by Crippen LogP contribution is -2.46. The normalized spacial score (nSPS) is 19.3. The summed E-state index contributed by atoms with van der Waals surface area (Å²) >= 11 is 1.22. The molecule has 1 spiro atoms. The maximum atomic E-state index is 12.3. The molecule has 0 atom stereocenters. The van der Waals surface area contributed by atoms with Crippen LogP contribution in [0.3, 0.4) is 0 Å². The van der Waals surface area contributed by atoms with Crippen LogP contribution in [-0.4, -0.2) is 40.0 Å². The van der Waals surface area contributed by atoms with E-state index >= 15 is 0 Å². The number of carbonyl (C=O) groups excluding carboxylic acids is 1. The van der Waals surface area contributed by atoms with Gasteiger partial charge in [-0.1, -0.05) is 22.7 Å². The summed E-state index contributed by atoms with van der Waals surface area (Å²) in [7, 11) is 0. The average molecular weight is 300 g/mol. The summed E-state index contributed by atoms with van der Waals surface area (Å²) in [5, 5.41) is 9.11. The van der Waals surface area contributed by atoms with Gasteiger partial charge in [0.1, 0.15) is 0 Å². The summed E-state index contributed by atoms with van der Waals surface area (Å²) < 4.78 is 3.77. The van der Waals surface area contributed by atoms with E-state index in [0.717, 1.165) is 32.5 Å². The van der Waals surface area contributed by atoms with Crippen molar-refractivity contribution in [2.75, 3.05) is 25.0 Å². The van der Waals surface area contributed by atoms with E-state index in [2.05, 4.69) is 39.2 Å². The van der Waals surface area contributed by atoms with Crippen LogP contribution in [0.25, 0.3) is 0 Å². The lowest BCUT2D eigenvalue weighted by molar-refractivity contribution is 0.0670. The number of anilines is 1. The lowest BCUT2D eigenvalue weighted by atomic mass is 9.74. The Morgan fingerprint density at radius 3 is 2.86 bits per heavy atom. The summed E-state index contributed by atoms with van der Waals surface area (Å²) in [6.07, 6.45) is 2.00. The standard InChI is InChI=1S/C15H16N4OS/c20-14(13-9-21-18-17-13)19-7-5-15(6-8-19)10-16-12-4-2-1-3-11(12)15/h1-4,9,16H,5-8,10H2. The zero-order chi connectivity index (χ0) is 14.3. The van der Waals surface area contributed by atoms with Crippen LogP contribution < -0.4 is 5.32 Å². The van der Waals surface area contributed by atoms with Gasteiger partial charge in [-0.2, -0.15) is 0 Å². The molecule has 1 amide bonds. The Bertz CT molecular complexity index is 662. The third-order valence-corrected chi connectivity index (χ3v) is 5.21. The van der Waals surface area contributed by atoms with E-state index in [4.69, 9.17) is 0 Å². The van der Waals surface area contributed by atoms with Crippen LogP contribution in [0.2, 0.25) is 0 Å². The van der Waals surface area contributed by atoms with Crippen LogP contribution in [-0.2, 0) is 5.41 Å². The molecule has 2 aromatic rings. The predicted octanol–water partition coefficient (Wildman–Crippen LogP) is 2.14. The van der Waals surface area contributed by atoms with Gasteiger partial charge < -0.3 is 10.2 Å². The molecule has 0 radical (unpaired) electrons. The Hall–Kier alpha value is -1.95. The molecular formula is C15H16N4OS. The SMILES string of the molecule is O=C(c1csnn1)N1CCC2(CC1)CNc1ccccc12. The number of benzene rings is 1. The fourth-order valence-corrected chi connectivity index (χ4v) is 3.89. The number of carbonyl (C=O) groups is 1. The quantitative estimate of drug-likeness (QED) is 0.876. The van der Waals surface area contributed by atoms with E-state index in [1.807, 2.05) is 4.90 Å². The molecule has 2 aliphatic rings. The molecule has 1 fully saturated rings. The minimum absolute atomic E-state index is 0.0119. The predicted molar refractivity (Wildman–Crippen MR) is 81.7 cm³/mol. The maximum Gasteiger partial charge on any atom is 0.275 e. The van der Waals surface area contributed by atoms with Crippen molar-refractivity contribution in [1.82, 2.24) is 14.5 Å². The minimum Gasteiger partial charge on any atom is -0.384 e. The first kappa shape index (κ1) is 12.8. The topological polar surface area (TPSA) is 58.1 Å². The number of aromatic nitrogens is 2. The van der Waals surface area contributed by atoms with Gasteiger partial charge in [-0.25, -0.2) is 0 Å². The van der Waals surface area contributed by atoms with Crippen molar-refractivity contribution in [2.24, 2.45) is 0 Å². The van der Waals surface area contributed by atoms with Crippen molar-refractivity contribution in [2.45, 2.75) is 18.3 Å². The molecule has 4 rings (SSSR count). The number of nitrogens with one attached hydrogen (secondary N) is 1. The smallest absolute Gasteiger partial charge is 0.275 e. The van der Waals surface area contributed by atoms with Gasteiger partial charge in [0.2, 0.25) is 0 Å². The number of fused-ring (bicyclic) bond motifs is 2. The molecule has 0 saturated carbocycles. The number of hydrogen-bond acceptors (Lipinski definition) is 5. The van der Waals surface area contributed by atoms with Gasteiger partial charge in [-0.15, -0.1) is 5.10 Å². The molecule has 3 heterocycles. The van der Waals surface area contributed by atoms with Gasteiger partial charge >= 0.3 is 0 Å². The fraction of sp³-hybridized carbons (Fsp3) is 0.400. The maximum absolute atomic E-state index is 12.3. The van der Waals surface area contributed by atoms with E-state index in [0.29, 0.717) is 5.69 Å². The second kappa shape index (κ2) is 4.80. The monoisotopic (exact) mass is 300 g/mol. The summed E-state index contributed by atoms with van der Waals surface area (Å²) in [5.74, 6) is 0.0119. The van der Waals surface area contributed by atoms with Gasteiger partial charge in [-0.3, -0.25) is 4.79 Å². The Kier molecular flexibility index (Phi) is 2.92. The largest absolute Gasteiger partial charge is 0.384 e. The Morgan fingerprint density at radius 2 is 2.10 bits per heavy atom. The van der Waals surface area contributed by atoms with Crippen molar-refractivity contribution in [1.29, 1.82) is 0 Å². The molecule has 0 aliphatic carbocycles. The first-order valence-electron chi connectivity index (χ1n) is 7.18. The zero-order valence-corrected chi connectivity index (χ0v) is 12.4. The third kappa shape index (κ3) is 2.01. The Balaban J connectivity index is 1.52. The van der Waals surface area contributed by atoms with Crippen molar-refractivity contribution < 1.29 is 4.79 Å². The number of amides is 1. The average Bonchev–Trinajstić information content (AvgIpc) is 3.17. The number of nitrogens with zero attached hydrogens (tertiary/aromatic N) is 3. The second-order valence-electron chi connectivity index (χ2n) is 5.76. The number of hydrogen-bond donors (Lipinski definition) is 1. The molecular weight excluding hydrogens is 284 g/mol. The van der Waals surface area contributed by atoms with Crippen LogP contribution in [0.5, 0.6) is 0 Å². The van der Waals surface area contributed by atoms with Crippen LogP contribution in [0.1, 0.15) is 28.9 Å². The number of rotatable bonds is 1. The van der Waals surface area contributed by atoms with E-state index in [1.165, 1.54) is 22.8 Å². The fourth-order valence-electron chi connectivity index (χ4n) is 3.46. The molecule has 1 aromatic heterocycles. The molecule has 0 unspecified atom stereocenters. The van der Waals surface area contributed by atoms with Gasteiger partial charge in [-0.05, 0) is 36.0 Å². The number of piperidine rings is 1. The molecule has 1 aromatic carbocycles. The van der Waals surface area contributed by atoms with Crippen molar-refractivity contribution in [3.63, 3.8) is 0 Å². The summed E-state index contributed by atoms with van der Waals surface area (Å²) in [6.45, 7) is 2.55. The van der Waals surface area contributed by atoms with E-state index in [-0.39, 0.29) is 11.3 Å². The van der Waals surface area contributed by atoms with Crippen LogP contribution in [0.15, 0.2) is 29.6 Å². The molecule has 5 nitrogen and oxygen atoms in total. The molecule has 1 saturated heterocycles. The lowest BCUT2D eigenvalue weighted by Gasteiger charge is -2.39. The highest BCUT2D eigenvalue weighted by atomic mass is 32.1. The first-order chi connectivity index (χ1) is 10.3. The summed E-state index contributed by atoms with van der Waals surface area (Å²) in [5.41, 5.74) is 3.32. The van der Waals surface area contributed by atoms with Crippen LogP contribution >= 0.6 is 11.5 Å². The highest BCUT2D eigenvalue weighted by Crippen LogP contribution is 2.43. The molecule has 2 aliphatic heterocycles. The van der Waals surface area contributed by atoms with Gasteiger partial charge in [0.15, 0.2) is 5.69 Å².